The van der Waals surface area contributed by atoms with Gasteiger partial charge in [0.1, 0.15) is 5.01 Å². The van der Waals surface area contributed by atoms with Gasteiger partial charge in [-0.2, -0.15) is 13.2 Å². The van der Waals surface area contributed by atoms with E-state index < -0.39 is 29.1 Å². The van der Waals surface area contributed by atoms with Gasteiger partial charge >= 0.3 is 6.18 Å². The van der Waals surface area contributed by atoms with Gasteiger partial charge in [0.25, 0.3) is 0 Å². The third kappa shape index (κ3) is 5.15. The summed E-state index contributed by atoms with van der Waals surface area (Å²) >= 11 is 0.718. The van der Waals surface area contributed by atoms with Gasteiger partial charge in [0.2, 0.25) is 11.5 Å². The smallest absolute Gasteiger partial charge is 0.374 e. The average molecular weight is 427 g/mol. The summed E-state index contributed by atoms with van der Waals surface area (Å²) in [6, 6.07) is 9.90. The number of thiazole rings is 1. The van der Waals surface area contributed by atoms with E-state index in [4.69, 9.17) is 0 Å². The summed E-state index contributed by atoms with van der Waals surface area (Å²) in [7, 11) is 0. The number of carbonyl (C=O) groups excluding carboxylic acids is 1. The fourth-order valence-electron chi connectivity index (χ4n) is 3.39. The first-order chi connectivity index (χ1) is 13.7. The molecule has 1 amide bonds. The highest BCUT2D eigenvalue weighted by Gasteiger charge is 2.58. The average Bonchev–Trinajstić information content (AvgIpc) is 2.97. The molecule has 1 aromatic heterocycles. The Morgan fingerprint density at radius 2 is 1.90 bits per heavy atom. The van der Waals surface area contributed by atoms with Gasteiger partial charge in [-0.3, -0.25) is 9.69 Å². The Labute approximate surface area is 171 Å². The van der Waals surface area contributed by atoms with Gasteiger partial charge < -0.3 is 10.0 Å². The second-order valence-electron chi connectivity index (χ2n) is 7.32. The van der Waals surface area contributed by atoms with Crippen LogP contribution in [0.2, 0.25) is 0 Å². The molecule has 0 bridgehead atoms. The van der Waals surface area contributed by atoms with Crippen LogP contribution in [0.15, 0.2) is 35.7 Å². The molecule has 9 heteroatoms. The zero-order chi connectivity index (χ0) is 21.1. The molecule has 3 rings (SSSR count). The summed E-state index contributed by atoms with van der Waals surface area (Å²) in [5.41, 5.74) is -1.73. The molecule has 29 heavy (non-hydrogen) atoms. The maximum atomic E-state index is 13.6. The molecule has 1 unspecified atom stereocenters. The number of aliphatic hydroxyl groups is 1. The van der Waals surface area contributed by atoms with Crippen molar-refractivity contribution in [3.8, 4) is 0 Å². The number of alkyl halides is 3. The summed E-state index contributed by atoms with van der Waals surface area (Å²) in [4.78, 5) is 20.1. The van der Waals surface area contributed by atoms with Crippen LogP contribution in [0.4, 0.5) is 13.2 Å². The van der Waals surface area contributed by atoms with Gasteiger partial charge in [0.15, 0.2) is 0 Å². The van der Waals surface area contributed by atoms with Crippen molar-refractivity contribution in [2.75, 3.05) is 26.2 Å². The Balaban J connectivity index is 1.66. The molecular formula is C20H24F3N3O2S. The Morgan fingerprint density at radius 3 is 2.52 bits per heavy atom. The minimum absolute atomic E-state index is 0.330. The fraction of sp³-hybridized carbons (Fsp3) is 0.500. The Kier molecular flexibility index (Phi) is 6.60. The molecule has 1 atom stereocenters. The van der Waals surface area contributed by atoms with E-state index in [-0.39, 0.29) is 0 Å². The molecule has 0 radical (unpaired) electrons. The molecule has 1 fully saturated rings. The summed E-state index contributed by atoms with van der Waals surface area (Å²) in [5, 5.41) is 11.4. The number of aromatic nitrogens is 1. The van der Waals surface area contributed by atoms with E-state index in [2.05, 4.69) is 9.88 Å². The Morgan fingerprint density at radius 1 is 1.17 bits per heavy atom. The normalized spacial score (nSPS) is 18.3. The van der Waals surface area contributed by atoms with Gasteiger partial charge in [0.05, 0.1) is 6.42 Å². The number of hydrogen-bond donors (Lipinski definition) is 1. The highest BCUT2D eigenvalue weighted by molar-refractivity contribution is 7.09. The molecule has 2 heterocycles. The first-order valence-electron chi connectivity index (χ1n) is 9.45. The van der Waals surface area contributed by atoms with Gasteiger partial charge in [0, 0.05) is 43.8 Å². The minimum atomic E-state index is -4.99. The third-order valence-electron chi connectivity index (χ3n) is 5.04. The van der Waals surface area contributed by atoms with Crippen molar-refractivity contribution < 1.29 is 23.1 Å². The van der Waals surface area contributed by atoms with Crippen LogP contribution in [0, 0.1) is 6.92 Å². The van der Waals surface area contributed by atoms with Gasteiger partial charge in [-0.15, -0.1) is 11.3 Å². The standard InChI is InChI=1S/C20H24F3N3O2S/c1-15-14-29-18(24-15)19(28,20(21,22)23)12-17(27)26-9-5-8-25(10-11-26)13-16-6-3-2-4-7-16/h2-4,6-7,14,28H,5,8-13H2,1H3. The second-order valence-corrected chi connectivity index (χ2v) is 8.18. The monoisotopic (exact) mass is 427 g/mol. The number of aryl methyl sites for hydroxylation is 1. The van der Waals surface area contributed by atoms with Crippen LogP contribution < -0.4 is 0 Å². The zero-order valence-corrected chi connectivity index (χ0v) is 17.0. The number of carbonyl (C=O) groups is 1. The molecule has 5 nitrogen and oxygen atoms in total. The van der Waals surface area contributed by atoms with Crippen molar-refractivity contribution in [1.82, 2.24) is 14.8 Å². The first kappa shape index (κ1) is 21.7. The maximum absolute atomic E-state index is 13.6. The zero-order valence-electron chi connectivity index (χ0n) is 16.2. The number of hydrogen-bond acceptors (Lipinski definition) is 5. The molecule has 1 N–H and O–H groups in total. The molecule has 158 valence electrons. The van der Waals surface area contributed by atoms with Crippen molar-refractivity contribution in [3.63, 3.8) is 0 Å². The first-order valence-corrected chi connectivity index (χ1v) is 10.3. The topological polar surface area (TPSA) is 56.7 Å². The molecular weight excluding hydrogens is 403 g/mol. The molecule has 1 aromatic carbocycles. The van der Waals surface area contributed by atoms with Crippen LogP contribution >= 0.6 is 11.3 Å². The van der Waals surface area contributed by atoms with E-state index in [9.17, 15) is 23.1 Å². The van der Waals surface area contributed by atoms with Crippen LogP contribution in [0.5, 0.6) is 0 Å². The highest BCUT2D eigenvalue weighted by Crippen LogP contribution is 2.43. The minimum Gasteiger partial charge on any atom is -0.374 e. The number of benzene rings is 1. The number of nitrogens with zero attached hydrogens (tertiary/aromatic N) is 3. The molecule has 0 saturated carbocycles. The number of amides is 1. The van der Waals surface area contributed by atoms with Crippen molar-refractivity contribution in [2.45, 2.75) is 38.1 Å². The SMILES string of the molecule is Cc1csc(C(O)(CC(=O)N2CCCN(Cc3ccccc3)CC2)C(F)(F)F)n1. The number of rotatable bonds is 5. The van der Waals surface area contributed by atoms with Crippen LogP contribution in [0.25, 0.3) is 0 Å². The van der Waals surface area contributed by atoms with E-state index in [0.717, 1.165) is 30.0 Å². The molecule has 1 aliphatic heterocycles. The van der Waals surface area contributed by atoms with Crippen LogP contribution in [-0.4, -0.2) is 58.2 Å². The number of halogens is 3. The predicted octanol–water partition coefficient (Wildman–Crippen LogP) is 3.33. The maximum Gasteiger partial charge on any atom is 0.424 e. The second kappa shape index (κ2) is 8.81. The Bertz CT molecular complexity index is 828. The van der Waals surface area contributed by atoms with Crippen molar-refractivity contribution in [1.29, 1.82) is 0 Å². The van der Waals surface area contributed by atoms with Crippen LogP contribution in [0.3, 0.4) is 0 Å². The van der Waals surface area contributed by atoms with Gasteiger partial charge in [-0.25, -0.2) is 4.98 Å². The lowest BCUT2D eigenvalue weighted by atomic mass is 9.98. The molecule has 2 aromatic rings. The largest absolute Gasteiger partial charge is 0.424 e. The fourth-order valence-corrected chi connectivity index (χ4v) is 4.31. The van der Waals surface area contributed by atoms with Gasteiger partial charge in [-0.05, 0) is 18.9 Å². The highest BCUT2D eigenvalue weighted by atomic mass is 32.1. The van der Waals surface area contributed by atoms with Crippen LogP contribution in [0.1, 0.15) is 29.1 Å². The summed E-state index contributed by atoms with van der Waals surface area (Å²) in [6.45, 7) is 4.31. The van der Waals surface area contributed by atoms with Crippen LogP contribution in [-0.2, 0) is 16.9 Å². The lowest BCUT2D eigenvalue weighted by molar-refractivity contribution is -0.268. The van der Waals surface area contributed by atoms with E-state index in [1.54, 1.807) is 6.92 Å². The lowest BCUT2D eigenvalue weighted by Crippen LogP contribution is -2.47. The molecule has 0 aliphatic carbocycles. The molecule has 1 saturated heterocycles. The molecule has 0 spiro atoms. The summed E-state index contributed by atoms with van der Waals surface area (Å²) in [6.07, 6.45) is -5.38. The predicted molar refractivity (Wildman–Crippen MR) is 104 cm³/mol. The van der Waals surface area contributed by atoms with Crippen molar-refractivity contribution in [3.05, 3.63) is 52.0 Å². The van der Waals surface area contributed by atoms with E-state index in [0.29, 0.717) is 31.7 Å². The van der Waals surface area contributed by atoms with Crippen molar-refractivity contribution in [2.24, 2.45) is 0 Å². The molecule has 1 aliphatic rings. The quantitative estimate of drug-likeness (QED) is 0.796. The van der Waals surface area contributed by atoms with E-state index in [1.807, 2.05) is 30.3 Å². The van der Waals surface area contributed by atoms with Crippen molar-refractivity contribution >= 4 is 17.2 Å². The van der Waals surface area contributed by atoms with E-state index >= 15 is 0 Å². The summed E-state index contributed by atoms with van der Waals surface area (Å²) < 4.78 is 40.9. The van der Waals surface area contributed by atoms with Gasteiger partial charge in [-0.1, -0.05) is 30.3 Å². The Hall–Kier alpha value is -1.97. The lowest BCUT2D eigenvalue weighted by Gasteiger charge is -2.30. The summed E-state index contributed by atoms with van der Waals surface area (Å²) in [5.74, 6) is -0.709. The third-order valence-corrected chi connectivity index (χ3v) is 6.15. The van der Waals surface area contributed by atoms with E-state index in [1.165, 1.54) is 10.3 Å².